The number of amides is 1. The van der Waals surface area contributed by atoms with Gasteiger partial charge in [-0.25, -0.2) is 9.48 Å². The molecule has 6 nitrogen and oxygen atoms in total. The van der Waals surface area contributed by atoms with E-state index in [1.54, 1.807) is 13.1 Å². The molecule has 0 spiro atoms. The summed E-state index contributed by atoms with van der Waals surface area (Å²) in [6.45, 7) is 7.69. The summed E-state index contributed by atoms with van der Waals surface area (Å²) >= 11 is 0. The molecular weight excluding hydrogens is 426 g/mol. The number of carbonyl (C=O) groups excluding carboxylic acids is 2. The maximum absolute atomic E-state index is 12.2. The lowest BCUT2D eigenvalue weighted by Crippen LogP contribution is -2.36. The third kappa shape index (κ3) is 5.22. The van der Waals surface area contributed by atoms with E-state index in [-0.39, 0.29) is 17.8 Å². The molecule has 1 aliphatic heterocycles. The fourth-order valence-corrected chi connectivity index (χ4v) is 4.67. The molecule has 0 bridgehead atoms. The van der Waals surface area contributed by atoms with Crippen LogP contribution in [0.1, 0.15) is 56.7 Å². The van der Waals surface area contributed by atoms with E-state index in [4.69, 9.17) is 9.84 Å². The Balaban J connectivity index is 1.69. The zero-order chi connectivity index (χ0) is 24.1. The van der Waals surface area contributed by atoms with E-state index >= 15 is 0 Å². The topological polar surface area (TPSA) is 64.4 Å². The molecule has 1 amide bonds. The zero-order valence-electron chi connectivity index (χ0n) is 20.3. The van der Waals surface area contributed by atoms with Crippen LogP contribution in [0.2, 0.25) is 0 Å². The molecule has 178 valence electrons. The van der Waals surface area contributed by atoms with Gasteiger partial charge in [-0.05, 0) is 48.9 Å². The van der Waals surface area contributed by atoms with Gasteiger partial charge in [0.25, 0.3) is 0 Å². The molecule has 1 saturated heterocycles. The highest BCUT2D eigenvalue weighted by Crippen LogP contribution is 2.35. The molecule has 3 aromatic rings. The van der Waals surface area contributed by atoms with Gasteiger partial charge in [-0.3, -0.25) is 4.79 Å². The first-order chi connectivity index (χ1) is 16.5. The van der Waals surface area contributed by atoms with Crippen LogP contribution in [0.4, 0.5) is 0 Å². The number of unbranched alkanes of at least 4 members (excludes halogenated alkanes) is 1. The molecule has 0 aliphatic carbocycles. The summed E-state index contributed by atoms with van der Waals surface area (Å²) in [5, 5.41) is 5.95. The Morgan fingerprint density at radius 2 is 1.91 bits per heavy atom. The van der Waals surface area contributed by atoms with E-state index in [0.717, 1.165) is 60.9 Å². The van der Waals surface area contributed by atoms with Crippen molar-refractivity contribution in [2.75, 3.05) is 19.7 Å². The second kappa shape index (κ2) is 10.7. The SMILES string of the molecule is CCCCOC(=O)C=Cn1nc2cc(-c3ccccc3C)ccc2c1C1CCN(C(C)=O)CC1. The van der Waals surface area contributed by atoms with Gasteiger partial charge in [0, 0.05) is 43.6 Å². The van der Waals surface area contributed by atoms with Gasteiger partial charge in [0.1, 0.15) is 0 Å². The van der Waals surface area contributed by atoms with Crippen molar-refractivity contribution in [1.82, 2.24) is 14.7 Å². The monoisotopic (exact) mass is 459 g/mol. The average Bonchev–Trinajstić information content (AvgIpc) is 3.21. The van der Waals surface area contributed by atoms with Crippen molar-refractivity contribution in [3.05, 3.63) is 59.8 Å². The molecular formula is C28H33N3O3. The number of nitrogens with zero attached hydrogens (tertiary/aromatic N) is 3. The summed E-state index contributed by atoms with van der Waals surface area (Å²) in [6, 6.07) is 14.7. The third-order valence-electron chi connectivity index (χ3n) is 6.61. The van der Waals surface area contributed by atoms with Crippen LogP contribution in [0.25, 0.3) is 28.2 Å². The zero-order valence-corrected chi connectivity index (χ0v) is 20.3. The van der Waals surface area contributed by atoms with Crippen LogP contribution in [0.3, 0.4) is 0 Å². The second-order valence-corrected chi connectivity index (χ2v) is 8.99. The summed E-state index contributed by atoms with van der Waals surface area (Å²) in [4.78, 5) is 25.9. The number of benzene rings is 2. The van der Waals surface area contributed by atoms with Gasteiger partial charge in [-0.1, -0.05) is 49.7 Å². The standard InChI is InChI=1S/C28H33N3O3/c1-4-5-18-34-27(33)14-17-31-28(22-12-15-30(16-13-22)21(3)32)25-11-10-23(19-26(25)29-31)24-9-7-6-8-20(24)2/h6-11,14,17,19,22H,4-5,12-13,15-16,18H2,1-3H3. The van der Waals surface area contributed by atoms with Crippen molar-refractivity contribution >= 4 is 29.0 Å². The highest BCUT2D eigenvalue weighted by molar-refractivity contribution is 5.89. The fourth-order valence-electron chi connectivity index (χ4n) is 4.67. The fraction of sp³-hybridized carbons (Fsp3) is 0.393. The molecule has 1 aromatic heterocycles. The number of ether oxygens (including phenoxy) is 1. The lowest BCUT2D eigenvalue weighted by Gasteiger charge is -2.31. The molecule has 34 heavy (non-hydrogen) atoms. The summed E-state index contributed by atoms with van der Waals surface area (Å²) in [5.41, 5.74) is 5.51. The van der Waals surface area contributed by atoms with Crippen molar-refractivity contribution in [3.8, 4) is 11.1 Å². The van der Waals surface area contributed by atoms with Gasteiger partial charge in [-0.15, -0.1) is 0 Å². The van der Waals surface area contributed by atoms with Crippen LogP contribution in [0, 0.1) is 6.92 Å². The van der Waals surface area contributed by atoms with Crippen LogP contribution in [0.5, 0.6) is 0 Å². The van der Waals surface area contributed by atoms with Gasteiger partial charge >= 0.3 is 5.97 Å². The number of hydrogen-bond acceptors (Lipinski definition) is 4. The molecule has 4 rings (SSSR count). The number of carbonyl (C=O) groups is 2. The number of rotatable bonds is 7. The van der Waals surface area contributed by atoms with E-state index in [2.05, 4.69) is 44.2 Å². The van der Waals surface area contributed by atoms with Crippen molar-refractivity contribution in [2.45, 2.75) is 52.4 Å². The quantitative estimate of drug-likeness (QED) is 0.264. The van der Waals surface area contributed by atoms with E-state index in [1.165, 1.54) is 17.2 Å². The number of hydrogen-bond donors (Lipinski definition) is 0. The Bertz CT molecular complexity index is 1200. The van der Waals surface area contributed by atoms with Gasteiger partial charge in [0.2, 0.25) is 5.91 Å². The summed E-state index contributed by atoms with van der Waals surface area (Å²) in [6.07, 6.45) is 6.75. The van der Waals surface area contributed by atoms with E-state index in [0.29, 0.717) is 6.61 Å². The van der Waals surface area contributed by atoms with Crippen LogP contribution >= 0.6 is 0 Å². The number of esters is 1. The molecule has 0 radical (unpaired) electrons. The van der Waals surface area contributed by atoms with Crippen LogP contribution in [-0.2, 0) is 14.3 Å². The molecule has 1 fully saturated rings. The van der Waals surface area contributed by atoms with Gasteiger partial charge in [0.15, 0.2) is 0 Å². The number of fused-ring (bicyclic) bond motifs is 1. The number of piperidine rings is 1. The van der Waals surface area contributed by atoms with Gasteiger partial charge in [0.05, 0.1) is 17.8 Å². The van der Waals surface area contributed by atoms with Crippen LogP contribution < -0.4 is 0 Å². The highest BCUT2D eigenvalue weighted by Gasteiger charge is 2.26. The molecule has 0 N–H and O–H groups in total. The average molecular weight is 460 g/mol. The van der Waals surface area contributed by atoms with Crippen molar-refractivity contribution < 1.29 is 14.3 Å². The Kier molecular flexibility index (Phi) is 7.46. The van der Waals surface area contributed by atoms with Gasteiger partial charge < -0.3 is 9.64 Å². The molecule has 0 unspecified atom stereocenters. The minimum atomic E-state index is -0.356. The number of aromatic nitrogens is 2. The first-order valence-corrected chi connectivity index (χ1v) is 12.2. The Hall–Kier alpha value is -3.41. The van der Waals surface area contributed by atoms with Crippen molar-refractivity contribution in [3.63, 3.8) is 0 Å². The molecule has 6 heteroatoms. The normalized spacial score (nSPS) is 14.7. The summed E-state index contributed by atoms with van der Waals surface area (Å²) in [5.74, 6) is 0.0195. The van der Waals surface area contributed by atoms with E-state index in [1.807, 2.05) is 21.7 Å². The first-order valence-electron chi connectivity index (χ1n) is 12.2. The summed E-state index contributed by atoms with van der Waals surface area (Å²) in [7, 11) is 0. The van der Waals surface area contributed by atoms with Crippen LogP contribution in [-0.4, -0.2) is 46.3 Å². The maximum atomic E-state index is 12.2. The highest BCUT2D eigenvalue weighted by atomic mass is 16.5. The number of aryl methyl sites for hydroxylation is 1. The lowest BCUT2D eigenvalue weighted by molar-refractivity contribution is -0.137. The first kappa shape index (κ1) is 23.7. The molecule has 0 atom stereocenters. The van der Waals surface area contributed by atoms with Gasteiger partial charge in [-0.2, -0.15) is 5.10 Å². The van der Waals surface area contributed by atoms with Crippen LogP contribution in [0.15, 0.2) is 48.5 Å². The molecule has 2 heterocycles. The molecule has 2 aromatic carbocycles. The number of likely N-dealkylation sites (tertiary alicyclic amines) is 1. The minimum absolute atomic E-state index is 0.120. The molecule has 0 saturated carbocycles. The molecule has 1 aliphatic rings. The van der Waals surface area contributed by atoms with Crippen molar-refractivity contribution in [1.29, 1.82) is 0 Å². The maximum Gasteiger partial charge on any atom is 0.332 e. The second-order valence-electron chi connectivity index (χ2n) is 8.99. The lowest BCUT2D eigenvalue weighted by atomic mass is 9.90. The summed E-state index contributed by atoms with van der Waals surface area (Å²) < 4.78 is 7.12. The van der Waals surface area contributed by atoms with E-state index in [9.17, 15) is 9.59 Å². The third-order valence-corrected chi connectivity index (χ3v) is 6.61. The van der Waals surface area contributed by atoms with Crippen molar-refractivity contribution in [2.24, 2.45) is 0 Å². The Labute approximate surface area is 201 Å². The van der Waals surface area contributed by atoms with E-state index < -0.39 is 0 Å². The minimum Gasteiger partial charge on any atom is -0.462 e. The Morgan fingerprint density at radius 3 is 2.62 bits per heavy atom. The Morgan fingerprint density at radius 1 is 1.15 bits per heavy atom. The predicted octanol–water partition coefficient (Wildman–Crippen LogP) is 5.55. The predicted molar refractivity (Wildman–Crippen MR) is 135 cm³/mol. The smallest absolute Gasteiger partial charge is 0.332 e. The largest absolute Gasteiger partial charge is 0.462 e.